The van der Waals surface area contributed by atoms with Crippen molar-refractivity contribution < 1.29 is 14.4 Å². The first kappa shape index (κ1) is 37.1. The highest BCUT2D eigenvalue weighted by Crippen LogP contribution is 2.25. The van der Waals surface area contributed by atoms with Crippen LogP contribution in [-0.2, 0) is 16.0 Å². The van der Waals surface area contributed by atoms with Crippen molar-refractivity contribution in [3.8, 4) is 0 Å². The van der Waals surface area contributed by atoms with Gasteiger partial charge in [0.05, 0.1) is 0 Å². The highest BCUT2D eigenvalue weighted by molar-refractivity contribution is 5.97. The second-order valence-corrected chi connectivity index (χ2v) is 9.88. The third-order valence-corrected chi connectivity index (χ3v) is 6.70. The number of hydrogen-bond donors (Lipinski definition) is 2. The third kappa shape index (κ3) is 18.8. The maximum Gasteiger partial charge on any atom is 0.160 e. The highest BCUT2D eigenvalue weighted by Gasteiger charge is 2.14. The van der Waals surface area contributed by atoms with Gasteiger partial charge in [0.25, 0.3) is 0 Å². The molecule has 1 rings (SSSR count). The molecule has 0 saturated carbocycles. The van der Waals surface area contributed by atoms with E-state index in [-0.39, 0.29) is 23.3 Å². The number of anilines is 1. The lowest BCUT2D eigenvalue weighted by Gasteiger charge is -2.18. The van der Waals surface area contributed by atoms with Crippen LogP contribution in [-0.4, -0.2) is 30.4 Å². The number of nitrogens with two attached hydrogens (primary N) is 1. The maximum atomic E-state index is 12.0. The SMILES string of the molecule is CC.CCC(=O)CCC(C)C(C)=O.CCC(C)Cc1c(NCCCCCCCCN)cccc1C(C)=O. The summed E-state index contributed by atoms with van der Waals surface area (Å²) < 4.78 is 0. The molecule has 3 N–H and O–H groups in total. The van der Waals surface area contributed by atoms with Gasteiger partial charge in [-0.1, -0.05) is 85.8 Å². The van der Waals surface area contributed by atoms with Crippen LogP contribution in [0, 0.1) is 11.8 Å². The van der Waals surface area contributed by atoms with Crippen LogP contribution >= 0.6 is 0 Å². The first-order valence-electron chi connectivity index (χ1n) is 14.8. The van der Waals surface area contributed by atoms with Crippen molar-refractivity contribution in [2.75, 3.05) is 18.4 Å². The molecule has 0 amide bonds. The minimum Gasteiger partial charge on any atom is -0.385 e. The van der Waals surface area contributed by atoms with Crippen LogP contribution in [0.3, 0.4) is 0 Å². The molecule has 37 heavy (non-hydrogen) atoms. The van der Waals surface area contributed by atoms with Gasteiger partial charge in [-0.3, -0.25) is 14.4 Å². The predicted octanol–water partition coefficient (Wildman–Crippen LogP) is 8.19. The van der Waals surface area contributed by atoms with E-state index in [4.69, 9.17) is 5.73 Å². The van der Waals surface area contributed by atoms with Crippen molar-refractivity contribution in [2.45, 2.75) is 126 Å². The van der Waals surface area contributed by atoms with Crippen molar-refractivity contribution in [3.05, 3.63) is 29.3 Å². The van der Waals surface area contributed by atoms with E-state index >= 15 is 0 Å². The van der Waals surface area contributed by atoms with Crippen LogP contribution in [0.15, 0.2) is 18.2 Å². The Morgan fingerprint density at radius 2 is 1.51 bits per heavy atom. The van der Waals surface area contributed by atoms with Gasteiger partial charge in [0.2, 0.25) is 0 Å². The van der Waals surface area contributed by atoms with Crippen molar-refractivity contribution >= 4 is 23.0 Å². The number of ketones is 3. The molecule has 2 unspecified atom stereocenters. The van der Waals surface area contributed by atoms with E-state index in [2.05, 4.69) is 25.2 Å². The Labute approximate surface area is 228 Å². The fourth-order valence-electron chi connectivity index (χ4n) is 3.75. The first-order chi connectivity index (χ1) is 17.7. The molecule has 0 aliphatic carbocycles. The molecule has 0 heterocycles. The molecule has 2 atom stereocenters. The van der Waals surface area contributed by atoms with Gasteiger partial charge in [0.15, 0.2) is 5.78 Å². The third-order valence-electron chi connectivity index (χ3n) is 6.70. The Balaban J connectivity index is 0. The molecule has 0 saturated heterocycles. The molecule has 1 aromatic carbocycles. The monoisotopic (exact) mass is 518 g/mol. The topological polar surface area (TPSA) is 89.3 Å². The summed E-state index contributed by atoms with van der Waals surface area (Å²) in [6.07, 6.45) is 11.4. The zero-order valence-corrected chi connectivity index (χ0v) is 25.4. The first-order valence-corrected chi connectivity index (χ1v) is 14.8. The standard InChI is InChI=1S/C21H36N2O.C9H16O2.C2H6/c1-4-17(2)16-20-19(18(3)24)12-11-13-21(20)23-15-10-8-6-5-7-9-14-22;1-4-9(11)6-5-7(2)8(3)10;1-2/h11-13,17,23H,4-10,14-16,22H2,1-3H3;7H,4-6H2,1-3H3;1-2H3. The average Bonchev–Trinajstić information content (AvgIpc) is 2.90. The molecule has 0 bridgehead atoms. The van der Waals surface area contributed by atoms with Crippen molar-refractivity contribution in [3.63, 3.8) is 0 Å². The Bertz CT molecular complexity index is 746. The van der Waals surface area contributed by atoms with Crippen LogP contribution in [0.2, 0.25) is 0 Å². The minimum atomic E-state index is 0.0468. The van der Waals surface area contributed by atoms with E-state index in [0.29, 0.717) is 25.2 Å². The lowest BCUT2D eigenvalue weighted by Crippen LogP contribution is -2.11. The summed E-state index contributed by atoms with van der Waals surface area (Å²) in [6, 6.07) is 6.07. The van der Waals surface area contributed by atoms with Crippen molar-refractivity contribution in [2.24, 2.45) is 17.6 Å². The fourth-order valence-corrected chi connectivity index (χ4v) is 3.75. The maximum absolute atomic E-state index is 12.0. The highest BCUT2D eigenvalue weighted by atomic mass is 16.1. The molecule has 214 valence electrons. The summed E-state index contributed by atoms with van der Waals surface area (Å²) in [6.45, 7) is 17.2. The zero-order valence-electron chi connectivity index (χ0n) is 25.4. The van der Waals surface area contributed by atoms with E-state index < -0.39 is 0 Å². The normalized spacial score (nSPS) is 11.8. The second-order valence-electron chi connectivity index (χ2n) is 9.88. The number of Topliss-reactive ketones (excluding diaryl/α,β-unsaturated/α-hetero) is 3. The Hall–Kier alpha value is -2.01. The van der Waals surface area contributed by atoms with Gasteiger partial charge in [0, 0.05) is 36.6 Å². The number of hydrogen-bond acceptors (Lipinski definition) is 5. The number of benzene rings is 1. The zero-order chi connectivity index (χ0) is 28.6. The molecule has 0 aliphatic heterocycles. The smallest absolute Gasteiger partial charge is 0.160 e. The van der Waals surface area contributed by atoms with Crippen LogP contribution in [0.25, 0.3) is 0 Å². The molecule has 0 spiro atoms. The fraction of sp³-hybridized carbons (Fsp3) is 0.719. The van der Waals surface area contributed by atoms with E-state index in [1.807, 2.05) is 39.8 Å². The Morgan fingerprint density at radius 1 is 0.919 bits per heavy atom. The molecule has 0 fully saturated rings. The summed E-state index contributed by atoms with van der Waals surface area (Å²) in [5, 5.41) is 3.57. The Morgan fingerprint density at radius 3 is 2.03 bits per heavy atom. The van der Waals surface area contributed by atoms with Crippen molar-refractivity contribution in [1.29, 1.82) is 0 Å². The molecular formula is C32H58N2O3. The Kier molecular flexibility index (Phi) is 24.4. The number of rotatable bonds is 18. The summed E-state index contributed by atoms with van der Waals surface area (Å²) in [7, 11) is 0. The second kappa shape index (κ2) is 24.3. The van der Waals surface area contributed by atoms with Crippen LogP contribution < -0.4 is 11.1 Å². The number of carbonyl (C=O) groups is 3. The summed E-state index contributed by atoms with van der Waals surface area (Å²) in [5.74, 6) is 1.22. The van der Waals surface area contributed by atoms with Crippen LogP contribution in [0.5, 0.6) is 0 Å². The summed E-state index contributed by atoms with van der Waals surface area (Å²) in [4.78, 5) is 33.5. The quantitative estimate of drug-likeness (QED) is 0.151. The molecule has 0 radical (unpaired) electrons. The van der Waals surface area contributed by atoms with Crippen LogP contribution in [0.1, 0.15) is 136 Å². The van der Waals surface area contributed by atoms with Gasteiger partial charge >= 0.3 is 0 Å². The van der Waals surface area contributed by atoms with Gasteiger partial charge in [-0.05, 0) is 63.6 Å². The molecule has 1 aromatic rings. The molecule has 5 heteroatoms. The van der Waals surface area contributed by atoms with Crippen molar-refractivity contribution in [1.82, 2.24) is 0 Å². The van der Waals surface area contributed by atoms with E-state index in [1.165, 1.54) is 37.7 Å². The number of unbranched alkanes of at least 4 members (excludes halogenated alkanes) is 5. The minimum absolute atomic E-state index is 0.0468. The van der Waals surface area contributed by atoms with Gasteiger partial charge in [-0.25, -0.2) is 0 Å². The predicted molar refractivity (Wildman–Crippen MR) is 161 cm³/mol. The van der Waals surface area contributed by atoms with E-state index in [9.17, 15) is 14.4 Å². The lowest BCUT2D eigenvalue weighted by atomic mass is 9.92. The summed E-state index contributed by atoms with van der Waals surface area (Å²) >= 11 is 0. The molecule has 5 nitrogen and oxygen atoms in total. The average molecular weight is 519 g/mol. The molecule has 0 aliphatic rings. The summed E-state index contributed by atoms with van der Waals surface area (Å²) in [5.41, 5.74) is 8.73. The largest absolute Gasteiger partial charge is 0.385 e. The number of carbonyl (C=O) groups excluding carboxylic acids is 3. The lowest BCUT2D eigenvalue weighted by molar-refractivity contribution is -0.121. The molecular weight excluding hydrogens is 460 g/mol. The number of nitrogens with one attached hydrogen (secondary N) is 1. The van der Waals surface area contributed by atoms with Gasteiger partial charge in [-0.15, -0.1) is 0 Å². The van der Waals surface area contributed by atoms with E-state index in [1.54, 1.807) is 13.8 Å². The van der Waals surface area contributed by atoms with Gasteiger partial charge in [-0.2, -0.15) is 0 Å². The van der Waals surface area contributed by atoms with Gasteiger partial charge in [0.1, 0.15) is 11.6 Å². The molecule has 0 aromatic heterocycles. The van der Waals surface area contributed by atoms with E-state index in [0.717, 1.165) is 43.6 Å². The van der Waals surface area contributed by atoms with Gasteiger partial charge < -0.3 is 11.1 Å². The van der Waals surface area contributed by atoms with Crippen LogP contribution in [0.4, 0.5) is 5.69 Å².